The second-order valence-corrected chi connectivity index (χ2v) is 9.59. The van der Waals surface area contributed by atoms with E-state index in [0.29, 0.717) is 18.1 Å². The average molecular weight is 367 g/mol. The molecule has 2 aliphatic heterocycles. The maximum absolute atomic E-state index is 12.4. The SMILES string of the molecule is COc1ccc(Sc2ccc(C(=O)NC3CC4CCC3N4)s2)s1. The molecule has 0 aromatic carbocycles. The molecule has 2 N–H and O–H groups in total. The van der Waals surface area contributed by atoms with Crippen LogP contribution in [0.15, 0.2) is 32.7 Å². The van der Waals surface area contributed by atoms with Gasteiger partial charge in [0.25, 0.3) is 5.91 Å². The van der Waals surface area contributed by atoms with Gasteiger partial charge in [0.1, 0.15) is 0 Å². The lowest BCUT2D eigenvalue weighted by Gasteiger charge is -2.20. The molecule has 0 spiro atoms. The highest BCUT2D eigenvalue weighted by Gasteiger charge is 2.39. The number of thiophene rings is 2. The summed E-state index contributed by atoms with van der Waals surface area (Å²) in [5, 5.41) is 7.66. The van der Waals surface area contributed by atoms with E-state index < -0.39 is 0 Å². The number of rotatable bonds is 5. The summed E-state index contributed by atoms with van der Waals surface area (Å²) in [6.07, 6.45) is 3.50. The van der Waals surface area contributed by atoms with Crippen molar-refractivity contribution in [2.45, 2.75) is 45.8 Å². The van der Waals surface area contributed by atoms with Crippen molar-refractivity contribution in [3.63, 3.8) is 0 Å². The Morgan fingerprint density at radius 2 is 2.09 bits per heavy atom. The van der Waals surface area contributed by atoms with Crippen LogP contribution < -0.4 is 15.4 Å². The molecule has 4 heterocycles. The third-order valence-corrected chi connectivity index (χ3v) is 7.78. The molecule has 2 aromatic heterocycles. The molecular formula is C16H18N2O2S3. The number of amides is 1. The van der Waals surface area contributed by atoms with Gasteiger partial charge in [0.2, 0.25) is 0 Å². The fourth-order valence-electron chi connectivity index (χ4n) is 3.29. The number of hydrogen-bond acceptors (Lipinski definition) is 6. The summed E-state index contributed by atoms with van der Waals surface area (Å²) in [7, 11) is 1.68. The number of hydrogen-bond donors (Lipinski definition) is 2. The van der Waals surface area contributed by atoms with Gasteiger partial charge in [0, 0.05) is 18.1 Å². The van der Waals surface area contributed by atoms with Gasteiger partial charge in [-0.1, -0.05) is 23.1 Å². The number of carbonyl (C=O) groups excluding carboxylic acids is 1. The van der Waals surface area contributed by atoms with Crippen molar-refractivity contribution in [1.29, 1.82) is 0 Å². The molecule has 23 heavy (non-hydrogen) atoms. The number of ether oxygens (including phenoxy) is 1. The number of nitrogens with one attached hydrogen (secondary N) is 2. The highest BCUT2D eigenvalue weighted by atomic mass is 32.2. The summed E-state index contributed by atoms with van der Waals surface area (Å²) in [5.41, 5.74) is 0. The molecule has 122 valence electrons. The first kappa shape index (κ1) is 15.5. The van der Waals surface area contributed by atoms with Crippen LogP contribution in [0.5, 0.6) is 5.06 Å². The van der Waals surface area contributed by atoms with Crippen molar-refractivity contribution in [1.82, 2.24) is 10.6 Å². The van der Waals surface area contributed by atoms with Gasteiger partial charge in [-0.2, -0.15) is 0 Å². The summed E-state index contributed by atoms with van der Waals surface area (Å²) in [4.78, 5) is 13.2. The van der Waals surface area contributed by atoms with Crippen LogP contribution >= 0.6 is 34.4 Å². The van der Waals surface area contributed by atoms with Crippen molar-refractivity contribution in [3.8, 4) is 5.06 Å². The van der Waals surface area contributed by atoms with E-state index in [9.17, 15) is 4.79 Å². The zero-order valence-corrected chi connectivity index (χ0v) is 15.2. The van der Waals surface area contributed by atoms with Gasteiger partial charge < -0.3 is 15.4 Å². The highest BCUT2D eigenvalue weighted by Crippen LogP contribution is 2.39. The van der Waals surface area contributed by atoms with Crippen LogP contribution in [0.3, 0.4) is 0 Å². The molecule has 2 aliphatic rings. The standard InChI is InChI=1S/C16H18N2O2S3/c1-20-13-5-7-15(22-13)23-14-6-4-12(21-14)16(19)18-11-8-9-2-3-10(11)17-9/h4-7,9-11,17H,2-3,8H2,1H3,(H,18,19). The Bertz CT molecular complexity index is 712. The highest BCUT2D eigenvalue weighted by molar-refractivity contribution is 8.02. The molecule has 1 amide bonds. The van der Waals surface area contributed by atoms with Gasteiger partial charge in [-0.25, -0.2) is 0 Å². The molecular weight excluding hydrogens is 348 g/mol. The van der Waals surface area contributed by atoms with E-state index >= 15 is 0 Å². The molecule has 2 fully saturated rings. The summed E-state index contributed by atoms with van der Waals surface area (Å²) in [6, 6.07) is 9.33. The first-order chi connectivity index (χ1) is 11.2. The van der Waals surface area contributed by atoms with E-state index in [0.717, 1.165) is 20.6 Å². The second kappa shape index (κ2) is 6.47. The minimum atomic E-state index is 0.0601. The van der Waals surface area contributed by atoms with Crippen molar-refractivity contribution < 1.29 is 9.53 Å². The van der Waals surface area contributed by atoms with Gasteiger partial charge >= 0.3 is 0 Å². The molecule has 0 saturated carbocycles. The van der Waals surface area contributed by atoms with Crippen molar-refractivity contribution in [2.75, 3.05) is 7.11 Å². The molecule has 0 aliphatic carbocycles. The summed E-state index contributed by atoms with van der Waals surface area (Å²) < 4.78 is 7.52. The monoisotopic (exact) mass is 366 g/mol. The lowest BCUT2D eigenvalue weighted by molar-refractivity contribution is 0.0935. The van der Waals surface area contributed by atoms with E-state index in [-0.39, 0.29) is 5.91 Å². The molecule has 3 unspecified atom stereocenters. The van der Waals surface area contributed by atoms with Crippen molar-refractivity contribution >= 4 is 40.3 Å². The van der Waals surface area contributed by atoms with E-state index in [4.69, 9.17) is 4.74 Å². The second-order valence-electron chi connectivity index (χ2n) is 5.86. The van der Waals surface area contributed by atoms with Crippen LogP contribution in [0.25, 0.3) is 0 Å². The predicted octanol–water partition coefficient (Wildman–Crippen LogP) is 3.59. The van der Waals surface area contributed by atoms with Gasteiger partial charge in [0.05, 0.1) is 20.4 Å². The number of carbonyl (C=O) groups is 1. The molecule has 4 rings (SSSR count). The fourth-order valence-corrected chi connectivity index (χ4v) is 6.50. The van der Waals surface area contributed by atoms with Gasteiger partial charge in [-0.05, 0) is 43.5 Å². The van der Waals surface area contributed by atoms with Gasteiger partial charge in [-0.15, -0.1) is 11.3 Å². The molecule has 2 aromatic rings. The smallest absolute Gasteiger partial charge is 0.261 e. The molecule has 2 saturated heterocycles. The quantitative estimate of drug-likeness (QED) is 0.849. The number of methoxy groups -OCH3 is 1. The van der Waals surface area contributed by atoms with Crippen LogP contribution in [0.4, 0.5) is 0 Å². The van der Waals surface area contributed by atoms with Gasteiger partial charge in [-0.3, -0.25) is 4.79 Å². The maximum atomic E-state index is 12.4. The summed E-state index contributed by atoms with van der Waals surface area (Å²) in [6.45, 7) is 0. The normalized spacial score (nSPS) is 25.7. The average Bonchev–Trinajstić information content (AvgIpc) is 3.32. The van der Waals surface area contributed by atoms with Crippen molar-refractivity contribution in [3.05, 3.63) is 29.1 Å². The Hall–Kier alpha value is -1.02. The van der Waals surface area contributed by atoms with E-state index in [1.165, 1.54) is 17.1 Å². The molecule has 2 bridgehead atoms. The Morgan fingerprint density at radius 1 is 1.26 bits per heavy atom. The zero-order valence-electron chi connectivity index (χ0n) is 12.7. The lowest BCUT2D eigenvalue weighted by atomic mass is 9.95. The third kappa shape index (κ3) is 3.28. The molecule has 0 radical (unpaired) electrons. The molecule has 7 heteroatoms. The topological polar surface area (TPSA) is 50.4 Å². The molecule has 3 atom stereocenters. The van der Waals surface area contributed by atoms with Gasteiger partial charge in [0.15, 0.2) is 5.06 Å². The largest absolute Gasteiger partial charge is 0.487 e. The van der Waals surface area contributed by atoms with Crippen LogP contribution in [0.2, 0.25) is 0 Å². The van der Waals surface area contributed by atoms with Crippen LogP contribution in [0.1, 0.15) is 28.9 Å². The Kier molecular flexibility index (Phi) is 4.36. The van der Waals surface area contributed by atoms with E-state index in [1.807, 2.05) is 18.2 Å². The fraction of sp³-hybridized carbons (Fsp3) is 0.438. The van der Waals surface area contributed by atoms with E-state index in [2.05, 4.69) is 16.7 Å². The summed E-state index contributed by atoms with van der Waals surface area (Å²) in [5.74, 6) is 0.0601. The van der Waals surface area contributed by atoms with Crippen LogP contribution in [-0.4, -0.2) is 31.1 Å². The third-order valence-electron chi connectivity index (χ3n) is 4.38. The number of fused-ring (bicyclic) bond motifs is 2. The van der Waals surface area contributed by atoms with Crippen LogP contribution in [0, 0.1) is 0 Å². The minimum absolute atomic E-state index is 0.0601. The Morgan fingerprint density at radius 3 is 2.78 bits per heavy atom. The Balaban J connectivity index is 1.38. The first-order valence-electron chi connectivity index (χ1n) is 7.69. The maximum Gasteiger partial charge on any atom is 0.261 e. The van der Waals surface area contributed by atoms with Crippen molar-refractivity contribution in [2.24, 2.45) is 0 Å². The van der Waals surface area contributed by atoms with E-state index in [1.54, 1.807) is 41.5 Å². The minimum Gasteiger partial charge on any atom is -0.487 e. The van der Waals surface area contributed by atoms with Crippen LogP contribution in [-0.2, 0) is 0 Å². The summed E-state index contributed by atoms with van der Waals surface area (Å²) >= 11 is 4.85. The molecule has 4 nitrogen and oxygen atoms in total. The zero-order chi connectivity index (χ0) is 15.8. The first-order valence-corrected chi connectivity index (χ1v) is 10.1. The Labute approximate surface area is 147 Å². The lowest BCUT2D eigenvalue weighted by Crippen LogP contribution is -2.42. The predicted molar refractivity (Wildman–Crippen MR) is 95.1 cm³/mol.